The second-order valence-electron chi connectivity index (χ2n) is 7.78. The van der Waals surface area contributed by atoms with Crippen molar-refractivity contribution < 1.29 is 8.82 Å². The predicted molar refractivity (Wildman–Crippen MR) is 111 cm³/mol. The van der Waals surface area contributed by atoms with Gasteiger partial charge in [0.2, 0.25) is 9.04 Å². The van der Waals surface area contributed by atoms with Crippen LogP contribution in [0.2, 0.25) is 0 Å². The standard InChI is InChI=1S/C22H27FN2OSi/c1-22(2,3)21(20-16-24-17-25(20)15-14-23)26-27(18-10-6-4-7-11-18)19-12-8-5-9-13-19/h4-13,16-17,21,27H,14-15H2,1-3H3. The summed E-state index contributed by atoms with van der Waals surface area (Å²) in [6.07, 6.45) is 3.33. The molecule has 1 heterocycles. The zero-order chi connectivity index (χ0) is 19.3. The predicted octanol–water partition coefficient (Wildman–Crippen LogP) is 3.49. The van der Waals surface area contributed by atoms with Gasteiger partial charge in [-0.3, -0.25) is 0 Å². The van der Waals surface area contributed by atoms with Crippen LogP contribution in [-0.4, -0.2) is 25.3 Å². The van der Waals surface area contributed by atoms with Crippen LogP contribution in [0.1, 0.15) is 32.6 Å². The summed E-state index contributed by atoms with van der Waals surface area (Å²) >= 11 is 0. The van der Waals surface area contributed by atoms with Gasteiger partial charge in [0.1, 0.15) is 6.67 Å². The molecule has 3 aromatic rings. The largest absolute Gasteiger partial charge is 0.402 e. The van der Waals surface area contributed by atoms with E-state index < -0.39 is 15.7 Å². The molecule has 0 bridgehead atoms. The zero-order valence-corrected chi connectivity index (χ0v) is 17.3. The van der Waals surface area contributed by atoms with E-state index in [1.54, 1.807) is 6.33 Å². The van der Waals surface area contributed by atoms with Crippen LogP contribution < -0.4 is 10.4 Å². The molecule has 0 aliphatic rings. The summed E-state index contributed by atoms with van der Waals surface area (Å²) < 4.78 is 21.8. The summed E-state index contributed by atoms with van der Waals surface area (Å²) in [4.78, 5) is 4.26. The normalized spacial score (nSPS) is 13.1. The van der Waals surface area contributed by atoms with Gasteiger partial charge in [-0.15, -0.1) is 0 Å². The van der Waals surface area contributed by atoms with Crippen molar-refractivity contribution >= 4 is 19.4 Å². The quantitative estimate of drug-likeness (QED) is 0.585. The lowest BCUT2D eigenvalue weighted by molar-refractivity contribution is 0.0818. The Labute approximate surface area is 162 Å². The fourth-order valence-corrected chi connectivity index (χ4v) is 5.95. The maximum absolute atomic E-state index is 13.0. The van der Waals surface area contributed by atoms with Gasteiger partial charge >= 0.3 is 0 Å². The van der Waals surface area contributed by atoms with Gasteiger partial charge < -0.3 is 8.99 Å². The summed E-state index contributed by atoms with van der Waals surface area (Å²) in [6.45, 7) is 6.36. The minimum absolute atomic E-state index is 0.150. The van der Waals surface area contributed by atoms with Crippen molar-refractivity contribution in [2.75, 3.05) is 6.67 Å². The molecule has 0 aliphatic heterocycles. The summed E-state index contributed by atoms with van der Waals surface area (Å²) in [5.41, 5.74) is 0.785. The maximum atomic E-state index is 13.0. The van der Waals surface area contributed by atoms with Crippen molar-refractivity contribution in [1.82, 2.24) is 9.55 Å². The molecule has 0 N–H and O–H groups in total. The Morgan fingerprint density at radius 2 is 1.56 bits per heavy atom. The third kappa shape index (κ3) is 4.73. The number of aryl methyl sites for hydroxylation is 1. The van der Waals surface area contributed by atoms with E-state index in [-0.39, 0.29) is 11.5 Å². The van der Waals surface area contributed by atoms with Crippen LogP contribution in [0.25, 0.3) is 0 Å². The van der Waals surface area contributed by atoms with Crippen molar-refractivity contribution in [2.45, 2.75) is 33.4 Å². The van der Waals surface area contributed by atoms with Crippen LogP contribution in [0, 0.1) is 5.41 Å². The van der Waals surface area contributed by atoms with Crippen LogP contribution in [-0.2, 0) is 11.0 Å². The lowest BCUT2D eigenvalue weighted by atomic mass is 9.87. The molecule has 0 amide bonds. The Balaban J connectivity index is 2.02. The number of imidazole rings is 1. The first-order chi connectivity index (χ1) is 13.0. The summed E-state index contributed by atoms with van der Waals surface area (Å²) in [6, 6.07) is 20.8. The highest BCUT2D eigenvalue weighted by molar-refractivity contribution is 6.80. The molecule has 1 aromatic heterocycles. The fourth-order valence-electron chi connectivity index (χ4n) is 3.29. The van der Waals surface area contributed by atoms with Crippen LogP contribution in [0.15, 0.2) is 73.2 Å². The van der Waals surface area contributed by atoms with Gasteiger partial charge in [-0.2, -0.15) is 0 Å². The Hall–Kier alpha value is -2.24. The molecule has 1 atom stereocenters. The van der Waals surface area contributed by atoms with Gasteiger partial charge in [0.15, 0.2) is 0 Å². The highest BCUT2D eigenvalue weighted by atomic mass is 28.3. The Morgan fingerprint density at radius 3 is 2.04 bits per heavy atom. The molecule has 3 nitrogen and oxygen atoms in total. The average molecular weight is 383 g/mol. The highest BCUT2D eigenvalue weighted by Crippen LogP contribution is 2.36. The second kappa shape index (κ2) is 8.63. The molecule has 0 saturated heterocycles. The fraction of sp³-hybridized carbons (Fsp3) is 0.318. The average Bonchev–Trinajstić information content (AvgIpc) is 3.11. The van der Waals surface area contributed by atoms with E-state index in [2.05, 4.69) is 74.3 Å². The molecule has 0 fully saturated rings. The first kappa shape index (κ1) is 19.5. The monoisotopic (exact) mass is 382 g/mol. The maximum Gasteiger partial charge on any atom is 0.240 e. The molecule has 27 heavy (non-hydrogen) atoms. The third-order valence-corrected chi connectivity index (χ3v) is 7.13. The molecular formula is C22H27FN2OSi. The van der Waals surface area contributed by atoms with Gasteiger partial charge in [-0.25, -0.2) is 9.37 Å². The third-order valence-electron chi connectivity index (χ3n) is 4.60. The summed E-state index contributed by atoms with van der Waals surface area (Å²) in [7, 11) is -1.93. The molecule has 142 valence electrons. The first-order valence-electron chi connectivity index (χ1n) is 9.32. The van der Waals surface area contributed by atoms with Crippen molar-refractivity contribution in [3.8, 4) is 0 Å². The number of alkyl halides is 1. The molecule has 3 rings (SSSR count). The van der Waals surface area contributed by atoms with Crippen molar-refractivity contribution in [1.29, 1.82) is 0 Å². The van der Waals surface area contributed by atoms with E-state index in [0.717, 1.165) is 5.69 Å². The molecule has 2 aromatic carbocycles. The Bertz CT molecular complexity index is 791. The first-order valence-corrected chi connectivity index (χ1v) is 10.9. The number of hydrogen-bond donors (Lipinski definition) is 0. The molecule has 0 aliphatic carbocycles. The van der Waals surface area contributed by atoms with Crippen LogP contribution >= 0.6 is 0 Å². The Morgan fingerprint density at radius 1 is 1.00 bits per heavy atom. The topological polar surface area (TPSA) is 27.1 Å². The van der Waals surface area contributed by atoms with Gasteiger partial charge in [0.05, 0.1) is 30.9 Å². The number of hydrogen-bond acceptors (Lipinski definition) is 2. The molecule has 1 unspecified atom stereocenters. The van der Waals surface area contributed by atoms with Crippen LogP contribution in [0.3, 0.4) is 0 Å². The van der Waals surface area contributed by atoms with Gasteiger partial charge in [-0.1, -0.05) is 81.4 Å². The van der Waals surface area contributed by atoms with E-state index in [9.17, 15) is 4.39 Å². The van der Waals surface area contributed by atoms with Crippen LogP contribution in [0.4, 0.5) is 4.39 Å². The second-order valence-corrected chi connectivity index (χ2v) is 10.2. The van der Waals surface area contributed by atoms with E-state index in [1.807, 2.05) is 22.9 Å². The molecule has 0 saturated carbocycles. The number of nitrogens with zero attached hydrogens (tertiary/aromatic N) is 2. The van der Waals surface area contributed by atoms with Crippen molar-refractivity contribution in [2.24, 2.45) is 5.41 Å². The van der Waals surface area contributed by atoms with Crippen molar-refractivity contribution in [3.63, 3.8) is 0 Å². The summed E-state index contributed by atoms with van der Waals surface area (Å²) in [5, 5.41) is 2.46. The van der Waals surface area contributed by atoms with Gasteiger partial charge in [0, 0.05) is 0 Å². The van der Waals surface area contributed by atoms with E-state index in [4.69, 9.17) is 4.43 Å². The minimum Gasteiger partial charge on any atom is -0.402 e. The van der Waals surface area contributed by atoms with Crippen LogP contribution in [0.5, 0.6) is 0 Å². The Kier molecular flexibility index (Phi) is 6.24. The SMILES string of the molecule is CC(C)(C)C(O[SiH](c1ccccc1)c1ccccc1)c1cncn1CCF. The number of aromatic nitrogens is 2. The van der Waals surface area contributed by atoms with E-state index in [1.165, 1.54) is 10.4 Å². The molecule has 0 spiro atoms. The van der Waals surface area contributed by atoms with E-state index in [0.29, 0.717) is 6.54 Å². The van der Waals surface area contributed by atoms with Gasteiger partial charge in [-0.05, 0) is 15.8 Å². The van der Waals surface area contributed by atoms with Gasteiger partial charge in [0.25, 0.3) is 0 Å². The smallest absolute Gasteiger partial charge is 0.240 e. The minimum atomic E-state index is -1.93. The highest BCUT2D eigenvalue weighted by Gasteiger charge is 2.33. The number of halogens is 1. The lowest BCUT2D eigenvalue weighted by Gasteiger charge is -2.34. The van der Waals surface area contributed by atoms with E-state index >= 15 is 0 Å². The van der Waals surface area contributed by atoms with Crippen molar-refractivity contribution in [3.05, 3.63) is 78.9 Å². The summed E-state index contributed by atoms with van der Waals surface area (Å²) in [5.74, 6) is 0. The molecule has 0 radical (unpaired) electrons. The molecule has 5 heteroatoms. The number of benzene rings is 2. The lowest BCUT2D eigenvalue weighted by Crippen LogP contribution is -2.47. The zero-order valence-electron chi connectivity index (χ0n) is 16.2. The number of rotatable bonds is 7. The molecular weight excluding hydrogens is 355 g/mol.